The summed E-state index contributed by atoms with van der Waals surface area (Å²) in [5, 5.41) is 4.47. The first-order valence-corrected chi connectivity index (χ1v) is 7.96. The molecule has 5 nitrogen and oxygen atoms in total. The number of aryl methyl sites for hydroxylation is 1. The summed E-state index contributed by atoms with van der Waals surface area (Å²) in [6, 6.07) is 20.3. The van der Waals surface area contributed by atoms with E-state index in [9.17, 15) is 0 Å². The highest BCUT2D eigenvalue weighted by Gasteiger charge is 2.13. The van der Waals surface area contributed by atoms with E-state index in [4.69, 9.17) is 4.98 Å². The molecule has 0 atom stereocenters. The van der Waals surface area contributed by atoms with Gasteiger partial charge in [-0.15, -0.1) is 5.10 Å². The molecule has 0 aliphatic heterocycles. The Bertz CT molecular complexity index is 881. The number of benzene rings is 2. The Hall–Kier alpha value is -3.21. The van der Waals surface area contributed by atoms with E-state index in [1.54, 1.807) is 11.0 Å². The Labute approximate surface area is 140 Å². The molecule has 0 aliphatic rings. The van der Waals surface area contributed by atoms with Crippen LogP contribution in [0.5, 0.6) is 0 Å². The molecule has 0 spiro atoms. The van der Waals surface area contributed by atoms with Gasteiger partial charge in [0, 0.05) is 17.7 Å². The number of hydrogen-bond acceptors (Lipinski definition) is 3. The van der Waals surface area contributed by atoms with Crippen molar-refractivity contribution >= 4 is 0 Å². The molecule has 118 valence electrons. The molecule has 2 aromatic heterocycles. The molecule has 0 saturated heterocycles. The van der Waals surface area contributed by atoms with E-state index in [1.165, 1.54) is 0 Å². The number of para-hydroxylation sites is 1. The molecule has 0 unspecified atom stereocenters. The quantitative estimate of drug-likeness (QED) is 0.577. The van der Waals surface area contributed by atoms with Crippen LogP contribution in [0, 0.1) is 0 Å². The fourth-order valence-corrected chi connectivity index (χ4v) is 2.62. The summed E-state index contributed by atoms with van der Waals surface area (Å²) in [4.78, 5) is 9.10. The molecule has 2 aromatic carbocycles. The van der Waals surface area contributed by atoms with E-state index in [1.807, 2.05) is 49.5 Å². The van der Waals surface area contributed by atoms with E-state index >= 15 is 0 Å². The molecule has 0 bridgehead atoms. The van der Waals surface area contributed by atoms with E-state index in [0.717, 1.165) is 35.1 Å². The van der Waals surface area contributed by atoms with Crippen molar-refractivity contribution in [1.82, 2.24) is 24.3 Å². The summed E-state index contributed by atoms with van der Waals surface area (Å²) in [6.07, 6.45) is 4.51. The zero-order valence-corrected chi connectivity index (χ0v) is 13.4. The van der Waals surface area contributed by atoms with E-state index in [-0.39, 0.29) is 0 Å². The number of aromatic nitrogens is 5. The number of rotatable bonds is 4. The molecule has 0 fully saturated rings. The minimum atomic E-state index is 0.755. The summed E-state index contributed by atoms with van der Waals surface area (Å²) < 4.78 is 3.81. The van der Waals surface area contributed by atoms with Crippen molar-refractivity contribution in [3.63, 3.8) is 0 Å². The maximum atomic E-state index is 4.80. The zero-order chi connectivity index (χ0) is 16.4. The maximum absolute atomic E-state index is 4.80. The van der Waals surface area contributed by atoms with E-state index in [2.05, 4.69) is 38.9 Å². The van der Waals surface area contributed by atoms with Gasteiger partial charge in [-0.05, 0) is 12.1 Å². The van der Waals surface area contributed by atoms with Gasteiger partial charge in [0.2, 0.25) is 0 Å². The van der Waals surface area contributed by atoms with Gasteiger partial charge in [0.1, 0.15) is 12.2 Å². The van der Waals surface area contributed by atoms with Crippen molar-refractivity contribution in [3.05, 3.63) is 79.0 Å². The van der Waals surface area contributed by atoms with Gasteiger partial charge in [-0.25, -0.2) is 14.6 Å². The Morgan fingerprint density at radius 1 is 0.917 bits per heavy atom. The van der Waals surface area contributed by atoms with Crippen LogP contribution in [-0.2, 0) is 6.42 Å². The van der Waals surface area contributed by atoms with Gasteiger partial charge in [-0.1, -0.05) is 55.5 Å². The van der Waals surface area contributed by atoms with Gasteiger partial charge < -0.3 is 0 Å². The van der Waals surface area contributed by atoms with Gasteiger partial charge in [-0.3, -0.25) is 4.57 Å². The highest BCUT2D eigenvalue weighted by molar-refractivity contribution is 5.60. The average Bonchev–Trinajstić information content (AvgIpc) is 3.30. The molecule has 4 rings (SSSR count). The van der Waals surface area contributed by atoms with Crippen LogP contribution in [0.1, 0.15) is 12.7 Å². The van der Waals surface area contributed by atoms with Crippen LogP contribution in [0.3, 0.4) is 0 Å². The van der Waals surface area contributed by atoms with Gasteiger partial charge in [0.05, 0.1) is 6.20 Å². The fourth-order valence-electron chi connectivity index (χ4n) is 2.62. The summed E-state index contributed by atoms with van der Waals surface area (Å²) in [5.41, 5.74) is 2.12. The standard InChI is InChI=1S/C19H17N5/c1-2-17-20-14-24(22-17)18-13-23(16-11-7-4-8-12-16)19(21-18)15-9-5-3-6-10-15/h3-14H,2H2,1H3. The maximum Gasteiger partial charge on any atom is 0.174 e. The molecule has 0 radical (unpaired) electrons. The summed E-state index contributed by atoms with van der Waals surface area (Å²) >= 11 is 0. The minimum Gasteiger partial charge on any atom is -0.297 e. The van der Waals surface area contributed by atoms with Gasteiger partial charge in [0.25, 0.3) is 0 Å². The lowest BCUT2D eigenvalue weighted by molar-refractivity contribution is 0.820. The zero-order valence-electron chi connectivity index (χ0n) is 13.4. The third-order valence-corrected chi connectivity index (χ3v) is 3.85. The van der Waals surface area contributed by atoms with Crippen molar-refractivity contribution in [2.24, 2.45) is 0 Å². The topological polar surface area (TPSA) is 48.5 Å². The van der Waals surface area contributed by atoms with Crippen molar-refractivity contribution < 1.29 is 0 Å². The summed E-state index contributed by atoms with van der Waals surface area (Å²) in [6.45, 7) is 2.04. The van der Waals surface area contributed by atoms with Crippen molar-refractivity contribution in [2.75, 3.05) is 0 Å². The normalized spacial score (nSPS) is 10.9. The van der Waals surface area contributed by atoms with Crippen LogP contribution in [-0.4, -0.2) is 24.3 Å². The highest BCUT2D eigenvalue weighted by Crippen LogP contribution is 2.24. The van der Waals surface area contributed by atoms with Crippen LogP contribution in [0.2, 0.25) is 0 Å². The van der Waals surface area contributed by atoms with E-state index in [0.29, 0.717) is 0 Å². The number of hydrogen-bond donors (Lipinski definition) is 0. The molecule has 0 amide bonds. The Morgan fingerprint density at radius 3 is 2.29 bits per heavy atom. The fraction of sp³-hybridized carbons (Fsp3) is 0.105. The molecule has 2 heterocycles. The summed E-state index contributed by atoms with van der Waals surface area (Å²) in [5.74, 6) is 2.45. The second kappa shape index (κ2) is 6.12. The Balaban J connectivity index is 1.88. The van der Waals surface area contributed by atoms with E-state index < -0.39 is 0 Å². The molecule has 5 heteroatoms. The van der Waals surface area contributed by atoms with Crippen LogP contribution >= 0.6 is 0 Å². The van der Waals surface area contributed by atoms with Crippen LogP contribution in [0.4, 0.5) is 0 Å². The SMILES string of the molecule is CCc1ncn(-c2cn(-c3ccccc3)c(-c3ccccc3)n2)n1. The molecule has 24 heavy (non-hydrogen) atoms. The van der Waals surface area contributed by atoms with Crippen LogP contribution < -0.4 is 0 Å². The molecule has 4 aromatic rings. The lowest BCUT2D eigenvalue weighted by atomic mass is 10.2. The highest BCUT2D eigenvalue weighted by atomic mass is 15.4. The van der Waals surface area contributed by atoms with Gasteiger partial charge >= 0.3 is 0 Å². The third-order valence-electron chi connectivity index (χ3n) is 3.85. The first-order valence-electron chi connectivity index (χ1n) is 7.96. The first kappa shape index (κ1) is 14.4. The second-order valence-electron chi connectivity index (χ2n) is 5.45. The Morgan fingerprint density at radius 2 is 1.62 bits per heavy atom. The van der Waals surface area contributed by atoms with Crippen molar-refractivity contribution in [2.45, 2.75) is 13.3 Å². The average molecular weight is 315 g/mol. The largest absolute Gasteiger partial charge is 0.297 e. The Kier molecular flexibility index (Phi) is 3.67. The lowest BCUT2D eigenvalue weighted by Gasteiger charge is -2.07. The first-order chi connectivity index (χ1) is 11.8. The smallest absolute Gasteiger partial charge is 0.174 e. The number of imidazole rings is 1. The molecule has 0 aliphatic carbocycles. The summed E-state index contributed by atoms with van der Waals surface area (Å²) in [7, 11) is 0. The molecule has 0 saturated carbocycles. The van der Waals surface area contributed by atoms with Gasteiger partial charge in [0.15, 0.2) is 11.6 Å². The lowest BCUT2D eigenvalue weighted by Crippen LogP contribution is -1.96. The van der Waals surface area contributed by atoms with Gasteiger partial charge in [-0.2, -0.15) is 0 Å². The molecular weight excluding hydrogens is 298 g/mol. The number of nitrogens with zero attached hydrogens (tertiary/aromatic N) is 5. The van der Waals surface area contributed by atoms with Crippen LogP contribution in [0.25, 0.3) is 22.9 Å². The van der Waals surface area contributed by atoms with Crippen LogP contribution in [0.15, 0.2) is 73.2 Å². The predicted molar refractivity (Wildman–Crippen MR) is 93.3 cm³/mol. The second-order valence-corrected chi connectivity index (χ2v) is 5.45. The van der Waals surface area contributed by atoms with Crippen molar-refractivity contribution in [1.29, 1.82) is 0 Å². The molecule has 0 N–H and O–H groups in total. The minimum absolute atomic E-state index is 0.755. The monoisotopic (exact) mass is 315 g/mol. The molecular formula is C19H17N5. The van der Waals surface area contributed by atoms with Crippen molar-refractivity contribution in [3.8, 4) is 22.9 Å². The third kappa shape index (κ3) is 2.60. The predicted octanol–water partition coefficient (Wildman–Crippen LogP) is 3.68.